The van der Waals surface area contributed by atoms with Crippen LogP contribution in [-0.4, -0.2) is 21.2 Å². The van der Waals surface area contributed by atoms with Crippen LogP contribution in [0.25, 0.3) is 0 Å². The Hall–Kier alpha value is -2.30. The maximum atomic E-state index is 10.4. The zero-order chi connectivity index (χ0) is 12.8. The molecule has 2 aromatic rings. The molecule has 0 aliphatic rings. The number of hydrogen-bond acceptors (Lipinski definition) is 2. The van der Waals surface area contributed by atoms with Gasteiger partial charge in [0, 0.05) is 24.5 Å². The van der Waals surface area contributed by atoms with Crippen molar-refractivity contribution >= 4 is 11.8 Å². The minimum Gasteiger partial charge on any atom is -0.465 e. The largest absolute Gasteiger partial charge is 0.465 e. The molecule has 0 unspecified atom stereocenters. The van der Waals surface area contributed by atoms with Gasteiger partial charge in [-0.2, -0.15) is 0 Å². The number of aryl methyl sites for hydroxylation is 2. The highest BCUT2D eigenvalue weighted by Gasteiger charge is 1.99. The predicted octanol–water partition coefficient (Wildman–Crippen LogP) is 2.67. The van der Waals surface area contributed by atoms with Gasteiger partial charge in [0.05, 0.1) is 0 Å². The van der Waals surface area contributed by atoms with Gasteiger partial charge in [-0.3, -0.25) is 5.32 Å². The van der Waals surface area contributed by atoms with Gasteiger partial charge in [-0.15, -0.1) is 0 Å². The number of benzene rings is 1. The van der Waals surface area contributed by atoms with Gasteiger partial charge in [0.25, 0.3) is 0 Å². The summed E-state index contributed by atoms with van der Waals surface area (Å²) in [6.45, 7) is 0. The second-order valence-electron chi connectivity index (χ2n) is 4.02. The second-order valence-corrected chi connectivity index (χ2v) is 4.02. The first kappa shape index (κ1) is 12.2. The van der Waals surface area contributed by atoms with E-state index < -0.39 is 6.09 Å². The van der Waals surface area contributed by atoms with E-state index in [1.54, 1.807) is 18.3 Å². The molecule has 1 aromatic heterocycles. The Morgan fingerprint density at radius 3 is 2.67 bits per heavy atom. The molecule has 18 heavy (non-hydrogen) atoms. The normalized spacial score (nSPS) is 10.2. The van der Waals surface area contributed by atoms with Crippen LogP contribution in [0.5, 0.6) is 0 Å². The smallest absolute Gasteiger partial charge is 0.409 e. The number of aromatic amines is 1. The molecule has 5 nitrogen and oxygen atoms in total. The lowest BCUT2D eigenvalue weighted by atomic mass is 10.1. The van der Waals surface area contributed by atoms with Gasteiger partial charge < -0.3 is 10.1 Å². The molecule has 0 aliphatic heterocycles. The van der Waals surface area contributed by atoms with E-state index in [-0.39, 0.29) is 0 Å². The number of imidazole rings is 1. The third kappa shape index (κ3) is 3.62. The van der Waals surface area contributed by atoms with Gasteiger partial charge in [-0.25, -0.2) is 9.78 Å². The van der Waals surface area contributed by atoms with Crippen LogP contribution in [0, 0.1) is 0 Å². The summed E-state index contributed by atoms with van der Waals surface area (Å²) in [5.74, 6) is 0.999. The van der Waals surface area contributed by atoms with Crippen LogP contribution in [0.3, 0.4) is 0 Å². The SMILES string of the molecule is O=C(O)Nc1ccc(CCCc2ncc[nH]2)cc1. The Labute approximate surface area is 105 Å². The van der Waals surface area contributed by atoms with E-state index in [2.05, 4.69) is 15.3 Å². The molecule has 3 N–H and O–H groups in total. The lowest BCUT2D eigenvalue weighted by Gasteiger charge is -2.03. The molecule has 94 valence electrons. The van der Waals surface area contributed by atoms with E-state index >= 15 is 0 Å². The summed E-state index contributed by atoms with van der Waals surface area (Å²) in [6, 6.07) is 7.42. The minimum atomic E-state index is -1.04. The number of anilines is 1. The summed E-state index contributed by atoms with van der Waals surface area (Å²) in [5, 5.41) is 10.9. The average molecular weight is 245 g/mol. The lowest BCUT2D eigenvalue weighted by molar-refractivity contribution is 0.210. The summed E-state index contributed by atoms with van der Waals surface area (Å²) in [7, 11) is 0. The van der Waals surface area contributed by atoms with Crippen LogP contribution in [-0.2, 0) is 12.8 Å². The molecular weight excluding hydrogens is 230 g/mol. The van der Waals surface area contributed by atoms with E-state index in [0.717, 1.165) is 25.1 Å². The van der Waals surface area contributed by atoms with Crippen LogP contribution in [0.2, 0.25) is 0 Å². The number of rotatable bonds is 5. The fourth-order valence-electron chi connectivity index (χ4n) is 1.77. The Morgan fingerprint density at radius 2 is 2.06 bits per heavy atom. The van der Waals surface area contributed by atoms with Crippen LogP contribution in [0.15, 0.2) is 36.7 Å². The first-order valence-electron chi connectivity index (χ1n) is 5.81. The number of carbonyl (C=O) groups is 1. The monoisotopic (exact) mass is 245 g/mol. The number of nitrogens with one attached hydrogen (secondary N) is 2. The third-order valence-corrected chi connectivity index (χ3v) is 2.64. The van der Waals surface area contributed by atoms with E-state index in [4.69, 9.17) is 5.11 Å². The highest BCUT2D eigenvalue weighted by atomic mass is 16.4. The van der Waals surface area contributed by atoms with Crippen molar-refractivity contribution in [2.45, 2.75) is 19.3 Å². The molecule has 0 aliphatic carbocycles. The molecule has 2 rings (SSSR count). The molecule has 5 heteroatoms. The van der Waals surface area contributed by atoms with Crippen molar-refractivity contribution in [3.05, 3.63) is 48.0 Å². The first-order valence-corrected chi connectivity index (χ1v) is 5.81. The van der Waals surface area contributed by atoms with Gasteiger partial charge in [0.1, 0.15) is 5.82 Å². The van der Waals surface area contributed by atoms with Gasteiger partial charge in [0.2, 0.25) is 0 Å². The maximum Gasteiger partial charge on any atom is 0.409 e. The van der Waals surface area contributed by atoms with Crippen molar-refractivity contribution in [1.29, 1.82) is 0 Å². The van der Waals surface area contributed by atoms with Crippen LogP contribution in [0.1, 0.15) is 17.8 Å². The van der Waals surface area contributed by atoms with Gasteiger partial charge in [-0.05, 0) is 30.5 Å². The van der Waals surface area contributed by atoms with E-state index in [1.807, 2.05) is 18.3 Å². The van der Waals surface area contributed by atoms with Crippen molar-refractivity contribution in [3.8, 4) is 0 Å². The summed E-state index contributed by atoms with van der Waals surface area (Å²) in [4.78, 5) is 17.7. The summed E-state index contributed by atoms with van der Waals surface area (Å²) < 4.78 is 0. The number of aromatic nitrogens is 2. The molecule has 0 atom stereocenters. The molecule has 1 amide bonds. The molecule has 1 heterocycles. The number of carboxylic acid groups (broad SMARTS) is 1. The maximum absolute atomic E-state index is 10.4. The van der Waals surface area contributed by atoms with E-state index in [0.29, 0.717) is 5.69 Å². The molecular formula is C13H15N3O2. The molecule has 0 saturated heterocycles. The summed E-state index contributed by atoms with van der Waals surface area (Å²) >= 11 is 0. The van der Waals surface area contributed by atoms with Crippen molar-refractivity contribution < 1.29 is 9.90 Å². The Balaban J connectivity index is 1.81. The van der Waals surface area contributed by atoms with E-state index in [9.17, 15) is 4.79 Å². The van der Waals surface area contributed by atoms with Crippen molar-refractivity contribution in [2.75, 3.05) is 5.32 Å². The molecule has 0 radical (unpaired) electrons. The lowest BCUT2D eigenvalue weighted by Crippen LogP contribution is -2.06. The Morgan fingerprint density at radius 1 is 1.28 bits per heavy atom. The molecule has 0 saturated carbocycles. The topological polar surface area (TPSA) is 78.0 Å². The quantitative estimate of drug-likeness (QED) is 0.757. The van der Waals surface area contributed by atoms with Crippen molar-refractivity contribution in [1.82, 2.24) is 9.97 Å². The predicted molar refractivity (Wildman–Crippen MR) is 68.7 cm³/mol. The first-order chi connectivity index (χ1) is 8.74. The number of nitrogens with zero attached hydrogens (tertiary/aromatic N) is 1. The standard InChI is InChI=1S/C13H15N3O2/c17-13(18)16-11-6-4-10(5-7-11)2-1-3-12-14-8-9-15-12/h4-9,16H,1-3H2,(H,14,15)(H,17,18). The minimum absolute atomic E-state index is 0.595. The van der Waals surface area contributed by atoms with Crippen LogP contribution in [0.4, 0.5) is 10.5 Å². The highest BCUT2D eigenvalue weighted by molar-refractivity contribution is 5.82. The van der Waals surface area contributed by atoms with Gasteiger partial charge in [0.15, 0.2) is 0 Å². The second kappa shape index (κ2) is 5.86. The molecule has 0 bridgehead atoms. The summed E-state index contributed by atoms with van der Waals surface area (Å²) in [6.07, 6.45) is 5.42. The van der Waals surface area contributed by atoms with E-state index in [1.165, 1.54) is 5.56 Å². The number of amides is 1. The van der Waals surface area contributed by atoms with Gasteiger partial charge >= 0.3 is 6.09 Å². The Bertz CT molecular complexity index is 491. The van der Waals surface area contributed by atoms with Gasteiger partial charge in [-0.1, -0.05) is 12.1 Å². The summed E-state index contributed by atoms with van der Waals surface area (Å²) in [5.41, 5.74) is 1.79. The number of H-pyrrole nitrogens is 1. The highest BCUT2D eigenvalue weighted by Crippen LogP contribution is 2.11. The van der Waals surface area contributed by atoms with Crippen LogP contribution < -0.4 is 5.32 Å². The van der Waals surface area contributed by atoms with Crippen LogP contribution >= 0.6 is 0 Å². The molecule has 0 spiro atoms. The van der Waals surface area contributed by atoms with Crippen molar-refractivity contribution in [2.24, 2.45) is 0 Å². The molecule has 0 fully saturated rings. The zero-order valence-electron chi connectivity index (χ0n) is 9.89. The molecule has 1 aromatic carbocycles. The fourth-order valence-corrected chi connectivity index (χ4v) is 1.77. The average Bonchev–Trinajstić information content (AvgIpc) is 2.84. The number of hydrogen-bond donors (Lipinski definition) is 3. The third-order valence-electron chi connectivity index (χ3n) is 2.64. The van der Waals surface area contributed by atoms with Crippen molar-refractivity contribution in [3.63, 3.8) is 0 Å². The fraction of sp³-hybridized carbons (Fsp3) is 0.231. The zero-order valence-corrected chi connectivity index (χ0v) is 9.89. The Kier molecular flexibility index (Phi) is 3.96.